The van der Waals surface area contributed by atoms with E-state index in [1.54, 1.807) is 11.8 Å². The molecule has 0 amide bonds. The molecule has 0 radical (unpaired) electrons. The van der Waals surface area contributed by atoms with Crippen LogP contribution in [0.5, 0.6) is 0 Å². The van der Waals surface area contributed by atoms with Gasteiger partial charge in [0.05, 0.1) is 6.54 Å². The Balaban J connectivity index is 1.82. The van der Waals surface area contributed by atoms with E-state index in [1.807, 2.05) is 24.3 Å². The molecule has 5 nitrogen and oxygen atoms in total. The lowest BCUT2D eigenvalue weighted by atomic mass is 10.1. The van der Waals surface area contributed by atoms with Crippen LogP contribution in [-0.4, -0.2) is 31.3 Å². The molecule has 1 N–H and O–H groups in total. The van der Waals surface area contributed by atoms with E-state index in [0.29, 0.717) is 0 Å². The molecule has 0 saturated carbocycles. The fourth-order valence-corrected chi connectivity index (χ4v) is 3.67. The maximum atomic E-state index is 13.0. The summed E-state index contributed by atoms with van der Waals surface area (Å²) >= 11 is 1.59. The SMILES string of the molecule is O=C(O)c1nnn(CC2Cc3ccccc3S2)c1C(F)F. The van der Waals surface area contributed by atoms with E-state index in [4.69, 9.17) is 5.11 Å². The molecule has 2 aromatic rings. The molecule has 2 heterocycles. The van der Waals surface area contributed by atoms with E-state index in [2.05, 4.69) is 10.3 Å². The Kier molecular flexibility index (Phi) is 3.62. The van der Waals surface area contributed by atoms with E-state index in [-0.39, 0.29) is 11.8 Å². The van der Waals surface area contributed by atoms with Crippen molar-refractivity contribution in [1.82, 2.24) is 15.0 Å². The molecule has 1 atom stereocenters. The summed E-state index contributed by atoms with van der Waals surface area (Å²) in [7, 11) is 0. The summed E-state index contributed by atoms with van der Waals surface area (Å²) in [5.74, 6) is -1.49. The van der Waals surface area contributed by atoms with E-state index < -0.39 is 23.8 Å². The fourth-order valence-electron chi connectivity index (χ4n) is 2.37. The quantitative estimate of drug-likeness (QED) is 0.940. The molecule has 1 aromatic heterocycles. The summed E-state index contributed by atoms with van der Waals surface area (Å²) in [6, 6.07) is 7.85. The van der Waals surface area contributed by atoms with Crippen LogP contribution in [0, 0.1) is 0 Å². The predicted octanol–water partition coefficient (Wildman–Crippen LogP) is 2.63. The lowest BCUT2D eigenvalue weighted by Crippen LogP contribution is -2.17. The molecule has 1 unspecified atom stereocenters. The molecule has 0 aliphatic carbocycles. The second-order valence-electron chi connectivity index (χ2n) is 4.66. The van der Waals surface area contributed by atoms with Crippen molar-refractivity contribution in [1.29, 1.82) is 0 Å². The van der Waals surface area contributed by atoms with Crippen molar-refractivity contribution in [2.45, 2.75) is 29.5 Å². The minimum atomic E-state index is -2.92. The van der Waals surface area contributed by atoms with Crippen LogP contribution in [0.3, 0.4) is 0 Å². The van der Waals surface area contributed by atoms with Crippen molar-refractivity contribution in [3.63, 3.8) is 0 Å². The molecule has 21 heavy (non-hydrogen) atoms. The Morgan fingerprint density at radius 3 is 2.90 bits per heavy atom. The second kappa shape index (κ2) is 5.44. The first-order valence-corrected chi connectivity index (χ1v) is 7.13. The van der Waals surface area contributed by atoms with E-state index in [1.165, 1.54) is 5.56 Å². The fraction of sp³-hybridized carbons (Fsp3) is 0.308. The van der Waals surface area contributed by atoms with Crippen LogP contribution in [0.15, 0.2) is 29.2 Å². The van der Waals surface area contributed by atoms with E-state index in [0.717, 1.165) is 16.0 Å². The summed E-state index contributed by atoms with van der Waals surface area (Å²) in [5.41, 5.74) is -0.130. The van der Waals surface area contributed by atoms with Crippen LogP contribution < -0.4 is 0 Å². The standard InChI is InChI=1S/C13H11F2N3O2S/c14-12(15)11-10(13(19)20)16-17-18(11)6-8-5-7-3-1-2-4-9(7)21-8/h1-4,8,12H,5-6H2,(H,19,20). The van der Waals surface area contributed by atoms with Gasteiger partial charge in [-0.1, -0.05) is 23.4 Å². The van der Waals surface area contributed by atoms with Crippen LogP contribution in [0.1, 0.15) is 28.2 Å². The highest BCUT2D eigenvalue weighted by atomic mass is 32.2. The van der Waals surface area contributed by atoms with Crippen molar-refractivity contribution in [3.05, 3.63) is 41.2 Å². The summed E-state index contributed by atoms with van der Waals surface area (Å²) < 4.78 is 27.1. The monoisotopic (exact) mass is 311 g/mol. The summed E-state index contributed by atoms with van der Waals surface area (Å²) in [6.07, 6.45) is -2.17. The van der Waals surface area contributed by atoms with Crippen LogP contribution in [0.25, 0.3) is 0 Å². The number of rotatable bonds is 4. The molecule has 0 fully saturated rings. The topological polar surface area (TPSA) is 68.0 Å². The molecule has 1 aliphatic heterocycles. The van der Waals surface area contributed by atoms with Crippen LogP contribution >= 0.6 is 11.8 Å². The van der Waals surface area contributed by atoms with Gasteiger partial charge in [-0.2, -0.15) is 0 Å². The number of aromatic nitrogens is 3. The van der Waals surface area contributed by atoms with Crippen molar-refractivity contribution in [2.75, 3.05) is 0 Å². The largest absolute Gasteiger partial charge is 0.476 e. The van der Waals surface area contributed by atoms with Crippen LogP contribution in [0.4, 0.5) is 8.78 Å². The normalized spacial score (nSPS) is 17.2. The highest BCUT2D eigenvalue weighted by Gasteiger charge is 2.29. The van der Waals surface area contributed by atoms with Crippen molar-refractivity contribution in [2.24, 2.45) is 0 Å². The van der Waals surface area contributed by atoms with Crippen molar-refractivity contribution >= 4 is 17.7 Å². The Hall–Kier alpha value is -1.96. The molecule has 1 aromatic carbocycles. The van der Waals surface area contributed by atoms with Gasteiger partial charge in [-0.25, -0.2) is 18.3 Å². The van der Waals surface area contributed by atoms with Gasteiger partial charge in [0.15, 0.2) is 5.69 Å². The van der Waals surface area contributed by atoms with Gasteiger partial charge in [-0.15, -0.1) is 16.9 Å². The first-order chi connectivity index (χ1) is 10.1. The highest BCUT2D eigenvalue weighted by molar-refractivity contribution is 8.00. The number of hydrogen-bond donors (Lipinski definition) is 1. The zero-order chi connectivity index (χ0) is 15.0. The number of carbonyl (C=O) groups is 1. The molecule has 110 valence electrons. The molecule has 8 heteroatoms. The Bertz CT molecular complexity index is 665. The van der Waals surface area contributed by atoms with Gasteiger partial charge in [0.2, 0.25) is 0 Å². The molecule has 3 rings (SSSR count). The van der Waals surface area contributed by atoms with Crippen LogP contribution in [0.2, 0.25) is 0 Å². The van der Waals surface area contributed by atoms with E-state index >= 15 is 0 Å². The van der Waals surface area contributed by atoms with E-state index in [9.17, 15) is 13.6 Å². The molecule has 0 saturated heterocycles. The summed E-state index contributed by atoms with van der Waals surface area (Å²) in [5, 5.41) is 15.9. The molecular weight excluding hydrogens is 300 g/mol. The number of carboxylic acid groups (broad SMARTS) is 1. The second-order valence-corrected chi connectivity index (χ2v) is 6.01. The Morgan fingerprint density at radius 2 is 2.24 bits per heavy atom. The average Bonchev–Trinajstić information content (AvgIpc) is 3.01. The maximum absolute atomic E-state index is 13.0. The first kappa shape index (κ1) is 14.0. The number of thioether (sulfide) groups is 1. The molecular formula is C13H11F2N3O2S. The smallest absolute Gasteiger partial charge is 0.358 e. The number of aromatic carboxylic acids is 1. The van der Waals surface area contributed by atoms with Gasteiger partial charge in [-0.3, -0.25) is 0 Å². The number of hydrogen-bond acceptors (Lipinski definition) is 4. The van der Waals surface area contributed by atoms with Gasteiger partial charge in [0.1, 0.15) is 5.69 Å². The molecule has 1 aliphatic rings. The zero-order valence-electron chi connectivity index (χ0n) is 10.7. The Labute approximate surface area is 123 Å². The number of halogens is 2. The number of nitrogens with zero attached hydrogens (tertiary/aromatic N) is 3. The lowest BCUT2D eigenvalue weighted by molar-refractivity contribution is 0.0675. The summed E-state index contributed by atoms with van der Waals surface area (Å²) in [4.78, 5) is 12.0. The molecule has 0 bridgehead atoms. The van der Waals surface area contributed by atoms with Gasteiger partial charge < -0.3 is 5.11 Å². The third-order valence-electron chi connectivity index (χ3n) is 3.27. The minimum Gasteiger partial charge on any atom is -0.476 e. The number of fused-ring (bicyclic) bond motifs is 1. The third kappa shape index (κ3) is 2.63. The highest BCUT2D eigenvalue weighted by Crippen LogP contribution is 2.37. The van der Waals surface area contributed by atoms with Crippen LogP contribution in [-0.2, 0) is 13.0 Å². The van der Waals surface area contributed by atoms with Gasteiger partial charge in [0, 0.05) is 10.1 Å². The Morgan fingerprint density at radius 1 is 1.48 bits per heavy atom. The van der Waals surface area contributed by atoms with Gasteiger partial charge in [0.25, 0.3) is 6.43 Å². The number of alkyl halides is 2. The van der Waals surface area contributed by atoms with Gasteiger partial charge >= 0.3 is 5.97 Å². The minimum absolute atomic E-state index is 0.0447. The van der Waals surface area contributed by atoms with Crippen molar-refractivity contribution < 1.29 is 18.7 Å². The number of benzene rings is 1. The lowest BCUT2D eigenvalue weighted by Gasteiger charge is -2.10. The number of carboxylic acids is 1. The first-order valence-electron chi connectivity index (χ1n) is 6.25. The summed E-state index contributed by atoms with van der Waals surface area (Å²) in [6.45, 7) is 0.208. The maximum Gasteiger partial charge on any atom is 0.358 e. The predicted molar refractivity (Wildman–Crippen MR) is 71.7 cm³/mol. The average molecular weight is 311 g/mol. The molecule has 0 spiro atoms. The van der Waals surface area contributed by atoms with Gasteiger partial charge in [-0.05, 0) is 18.1 Å². The van der Waals surface area contributed by atoms with Crippen molar-refractivity contribution in [3.8, 4) is 0 Å². The zero-order valence-corrected chi connectivity index (χ0v) is 11.6. The third-order valence-corrected chi connectivity index (χ3v) is 4.57.